The van der Waals surface area contributed by atoms with Crippen LogP contribution in [0.4, 0.5) is 18.0 Å². The molecule has 2 radical (unpaired) electrons. The van der Waals surface area contributed by atoms with Crippen molar-refractivity contribution >= 4 is 22.9 Å². The van der Waals surface area contributed by atoms with Gasteiger partial charge in [0.25, 0.3) is 0 Å². The summed E-state index contributed by atoms with van der Waals surface area (Å²) < 4.78 is 63.1. The number of rotatable bonds is 12. The number of hydrogen-bond acceptors (Lipinski definition) is 6. The molecule has 5 atom stereocenters. The van der Waals surface area contributed by atoms with Crippen LogP contribution >= 0.6 is 0 Å². The summed E-state index contributed by atoms with van der Waals surface area (Å²) in [6.45, 7) is 8.50. The molecule has 0 bridgehead atoms. The quantitative estimate of drug-likeness (QED) is 0.345. The van der Waals surface area contributed by atoms with Gasteiger partial charge in [0.15, 0.2) is 0 Å². The standard InChI is InChI=1S/C27H41AsF3NO6/c1-7-8-35-20-10-18(9-19(31)12-20)11-21(28)23(33)22-13-36-24(37-16-27(6,14-29)15-30)17(2)32(22)25(34)38-26(3,4)5/h9-10,12,17,21-24,33H,7-8,11,13-16H2,1-6H3. The van der Waals surface area contributed by atoms with E-state index >= 15 is 0 Å². The fourth-order valence-electron chi connectivity index (χ4n) is 3.97. The molecule has 1 saturated heterocycles. The van der Waals surface area contributed by atoms with E-state index in [-0.39, 0.29) is 13.2 Å². The van der Waals surface area contributed by atoms with E-state index in [2.05, 4.69) is 16.9 Å². The first-order valence-electron chi connectivity index (χ1n) is 12.9. The van der Waals surface area contributed by atoms with Gasteiger partial charge in [-0.25, -0.2) is 0 Å². The molecular weight excluding hydrogens is 566 g/mol. The van der Waals surface area contributed by atoms with Gasteiger partial charge >= 0.3 is 233 Å². The molecule has 0 aliphatic carbocycles. The maximum absolute atomic E-state index is 14.2. The number of halogens is 3. The Labute approximate surface area is 232 Å². The number of morpholine rings is 1. The molecule has 0 aromatic heterocycles. The Hall–Kier alpha value is -1.48. The first-order valence-corrected chi connectivity index (χ1v) is 14.0. The maximum atomic E-state index is 14.2. The second-order valence-corrected chi connectivity index (χ2v) is 12.6. The number of carbonyl (C=O) groups excluding carboxylic acids is 1. The van der Waals surface area contributed by atoms with Crippen LogP contribution in [0.3, 0.4) is 0 Å². The molecule has 0 saturated carbocycles. The summed E-state index contributed by atoms with van der Waals surface area (Å²) in [5.41, 5.74) is -1.50. The zero-order valence-electron chi connectivity index (χ0n) is 23.1. The molecule has 1 heterocycles. The van der Waals surface area contributed by atoms with Crippen molar-refractivity contribution < 1.29 is 42.0 Å². The van der Waals surface area contributed by atoms with E-state index < -0.39 is 65.5 Å². The van der Waals surface area contributed by atoms with E-state index in [1.807, 2.05) is 6.92 Å². The number of ether oxygens (including phenoxy) is 4. The third kappa shape index (κ3) is 9.32. The van der Waals surface area contributed by atoms with Crippen molar-refractivity contribution in [1.29, 1.82) is 0 Å². The summed E-state index contributed by atoms with van der Waals surface area (Å²) in [6.07, 6.45) is -1.67. The van der Waals surface area contributed by atoms with E-state index in [9.17, 15) is 23.1 Å². The minimum atomic E-state index is -1.33. The molecule has 1 aliphatic heterocycles. The second kappa shape index (κ2) is 14.2. The molecular formula is C27H41AsF3NO6. The van der Waals surface area contributed by atoms with Crippen molar-refractivity contribution in [2.24, 2.45) is 5.41 Å². The van der Waals surface area contributed by atoms with Gasteiger partial charge in [-0.05, 0) is 0 Å². The van der Waals surface area contributed by atoms with Gasteiger partial charge in [0, 0.05) is 0 Å². The number of benzene rings is 1. The fourth-order valence-corrected chi connectivity index (χ4v) is 4.83. The van der Waals surface area contributed by atoms with Crippen molar-refractivity contribution in [3.63, 3.8) is 0 Å². The minimum absolute atomic E-state index is 0.0976. The normalized spacial score (nSPS) is 22.2. The van der Waals surface area contributed by atoms with Crippen LogP contribution in [0.1, 0.15) is 53.5 Å². The Morgan fingerprint density at radius 3 is 2.47 bits per heavy atom. The van der Waals surface area contributed by atoms with Crippen LogP contribution in [0, 0.1) is 11.2 Å². The molecule has 7 nitrogen and oxygen atoms in total. The predicted molar refractivity (Wildman–Crippen MR) is 138 cm³/mol. The number of aliphatic hydroxyl groups is 1. The molecule has 38 heavy (non-hydrogen) atoms. The fraction of sp³-hybridized carbons (Fsp3) is 0.741. The van der Waals surface area contributed by atoms with Crippen LogP contribution in [0.5, 0.6) is 5.75 Å². The van der Waals surface area contributed by atoms with E-state index in [0.29, 0.717) is 24.3 Å². The van der Waals surface area contributed by atoms with Crippen molar-refractivity contribution in [2.45, 2.75) is 89.2 Å². The van der Waals surface area contributed by atoms with E-state index in [1.54, 1.807) is 33.8 Å². The van der Waals surface area contributed by atoms with Crippen LogP contribution in [0.15, 0.2) is 18.2 Å². The number of carbonyl (C=O) groups is 1. The molecule has 1 fully saturated rings. The van der Waals surface area contributed by atoms with Crippen molar-refractivity contribution in [3.05, 3.63) is 29.6 Å². The van der Waals surface area contributed by atoms with Crippen molar-refractivity contribution in [3.8, 4) is 5.75 Å². The molecule has 11 heteroatoms. The Kier molecular flexibility index (Phi) is 12.3. The van der Waals surface area contributed by atoms with Gasteiger partial charge in [-0.3, -0.25) is 0 Å². The van der Waals surface area contributed by atoms with Gasteiger partial charge in [-0.1, -0.05) is 0 Å². The van der Waals surface area contributed by atoms with Crippen molar-refractivity contribution in [2.75, 3.05) is 33.2 Å². The second-order valence-electron chi connectivity index (χ2n) is 11.2. The predicted octanol–water partition coefficient (Wildman–Crippen LogP) is 4.79. The van der Waals surface area contributed by atoms with Crippen LogP contribution in [-0.2, 0) is 20.6 Å². The molecule has 216 valence electrons. The van der Waals surface area contributed by atoms with Gasteiger partial charge in [0.2, 0.25) is 0 Å². The molecule has 5 unspecified atom stereocenters. The van der Waals surface area contributed by atoms with Gasteiger partial charge in [-0.2, -0.15) is 0 Å². The Morgan fingerprint density at radius 1 is 1.24 bits per heavy atom. The zero-order valence-corrected chi connectivity index (χ0v) is 25.0. The molecule has 1 aromatic rings. The molecule has 0 spiro atoms. The number of alkyl halides is 2. The van der Waals surface area contributed by atoms with Gasteiger partial charge < -0.3 is 0 Å². The summed E-state index contributed by atoms with van der Waals surface area (Å²) in [7, 11) is 0. The van der Waals surface area contributed by atoms with Crippen LogP contribution in [0.25, 0.3) is 0 Å². The summed E-state index contributed by atoms with van der Waals surface area (Å²) in [6, 6.07) is 2.88. The van der Waals surface area contributed by atoms with Gasteiger partial charge in [-0.15, -0.1) is 0 Å². The van der Waals surface area contributed by atoms with Gasteiger partial charge in [0.05, 0.1) is 0 Å². The molecule has 1 aliphatic rings. The SMILES string of the molecule is CCCOc1cc(F)cc(CC([As])C(O)C2COC(OCC(C)(CF)CF)C(C)N2C(=O)OC(C)(C)C)c1. The summed E-state index contributed by atoms with van der Waals surface area (Å²) >= 11 is 2.37. The first kappa shape index (κ1) is 32.7. The number of hydrogen-bond donors (Lipinski definition) is 1. The molecule has 1 aromatic carbocycles. The van der Waals surface area contributed by atoms with Crippen LogP contribution < -0.4 is 4.74 Å². The number of nitrogens with zero attached hydrogens (tertiary/aromatic N) is 1. The summed E-state index contributed by atoms with van der Waals surface area (Å²) in [5, 5.41) is 11.3. The van der Waals surface area contributed by atoms with Crippen LogP contribution in [-0.4, -0.2) is 96.2 Å². The van der Waals surface area contributed by atoms with E-state index in [1.165, 1.54) is 24.0 Å². The third-order valence-corrected chi connectivity index (χ3v) is 7.13. The molecule has 2 rings (SSSR count). The Morgan fingerprint density at radius 2 is 1.89 bits per heavy atom. The van der Waals surface area contributed by atoms with Crippen LogP contribution in [0.2, 0.25) is 4.71 Å². The third-order valence-electron chi connectivity index (χ3n) is 6.10. The van der Waals surface area contributed by atoms with Crippen molar-refractivity contribution in [1.82, 2.24) is 4.90 Å². The van der Waals surface area contributed by atoms with Gasteiger partial charge in [0.1, 0.15) is 0 Å². The summed E-state index contributed by atoms with van der Waals surface area (Å²) in [5.74, 6) is -0.0315. The average molecular weight is 608 g/mol. The van der Waals surface area contributed by atoms with E-state index in [0.717, 1.165) is 6.42 Å². The molecule has 1 amide bonds. The monoisotopic (exact) mass is 607 g/mol. The first-order chi connectivity index (χ1) is 17.7. The summed E-state index contributed by atoms with van der Waals surface area (Å²) in [4.78, 5) is 14.6. The zero-order chi connectivity index (χ0) is 28.7. The number of aliphatic hydroxyl groups excluding tert-OH is 1. The Bertz CT molecular complexity index is 898. The number of amides is 1. The van der Waals surface area contributed by atoms with E-state index in [4.69, 9.17) is 18.9 Å². The topological polar surface area (TPSA) is 77.5 Å². The average Bonchev–Trinajstić information content (AvgIpc) is 2.84. The molecule has 1 N–H and O–H groups in total. The Balaban J connectivity index is 2.23.